The second kappa shape index (κ2) is 5.74. The summed E-state index contributed by atoms with van der Waals surface area (Å²) in [6.07, 6.45) is -4.47. The molecule has 0 atom stereocenters. The van der Waals surface area contributed by atoms with Crippen molar-refractivity contribution in [1.82, 2.24) is 16.0 Å². The van der Waals surface area contributed by atoms with Gasteiger partial charge in [-0.25, -0.2) is 4.79 Å². The van der Waals surface area contributed by atoms with Gasteiger partial charge in [0.15, 0.2) is 0 Å². The van der Waals surface area contributed by atoms with Crippen molar-refractivity contribution in [3.8, 4) is 0 Å². The Morgan fingerprint density at radius 2 is 1.65 bits per heavy atom. The monoisotopic (exact) mass is 255 g/mol. The van der Waals surface area contributed by atoms with Gasteiger partial charge >= 0.3 is 12.2 Å². The fraction of sp³-hybridized carbons (Fsp3) is 0.778. The summed E-state index contributed by atoms with van der Waals surface area (Å²) in [5.41, 5.74) is -1.41. The van der Waals surface area contributed by atoms with Crippen LogP contribution < -0.4 is 16.0 Å². The van der Waals surface area contributed by atoms with E-state index in [-0.39, 0.29) is 0 Å². The predicted octanol–water partition coefficient (Wildman–Crippen LogP) is 0.763. The number of carbonyl (C=O) groups is 2. The van der Waals surface area contributed by atoms with Crippen LogP contribution in [0.3, 0.4) is 0 Å². The van der Waals surface area contributed by atoms with E-state index < -0.39 is 30.2 Å². The molecule has 0 aromatic carbocycles. The van der Waals surface area contributed by atoms with Gasteiger partial charge in [0.05, 0.1) is 0 Å². The van der Waals surface area contributed by atoms with Gasteiger partial charge in [0, 0.05) is 6.54 Å². The van der Waals surface area contributed by atoms with Crippen LogP contribution in [0.15, 0.2) is 0 Å². The predicted molar refractivity (Wildman–Crippen MR) is 55.4 cm³/mol. The van der Waals surface area contributed by atoms with E-state index in [4.69, 9.17) is 0 Å². The molecule has 0 saturated carbocycles. The summed E-state index contributed by atoms with van der Waals surface area (Å²) in [5.74, 6) is -0.902. The topological polar surface area (TPSA) is 70.2 Å². The number of halogens is 3. The van der Waals surface area contributed by atoms with Gasteiger partial charge in [-0.05, 0) is 20.8 Å². The van der Waals surface area contributed by atoms with Crippen molar-refractivity contribution in [2.24, 2.45) is 0 Å². The lowest BCUT2D eigenvalue weighted by molar-refractivity contribution is -0.141. The third kappa shape index (κ3) is 6.64. The largest absolute Gasteiger partial charge is 0.405 e. The fourth-order valence-electron chi connectivity index (χ4n) is 0.947. The Morgan fingerprint density at radius 1 is 1.12 bits per heavy atom. The van der Waals surface area contributed by atoms with E-state index >= 15 is 0 Å². The first-order valence-electron chi connectivity index (χ1n) is 4.99. The molecule has 3 amide bonds. The third-order valence-electron chi connectivity index (χ3n) is 1.78. The maximum atomic E-state index is 11.9. The molecule has 3 N–H and O–H groups in total. The lowest BCUT2D eigenvalue weighted by atomic mass is 10.1. The van der Waals surface area contributed by atoms with Crippen molar-refractivity contribution < 1.29 is 22.8 Å². The van der Waals surface area contributed by atoms with E-state index in [9.17, 15) is 22.8 Å². The van der Waals surface area contributed by atoms with Crippen LogP contribution in [0.5, 0.6) is 0 Å². The Balaban J connectivity index is 4.30. The minimum atomic E-state index is -4.47. The summed E-state index contributed by atoms with van der Waals surface area (Å²) in [4.78, 5) is 22.5. The van der Waals surface area contributed by atoms with E-state index in [1.165, 1.54) is 13.8 Å². The van der Waals surface area contributed by atoms with Crippen molar-refractivity contribution in [3.05, 3.63) is 0 Å². The highest BCUT2D eigenvalue weighted by atomic mass is 19.4. The number of carbonyl (C=O) groups excluding carboxylic acids is 2. The molecule has 0 spiro atoms. The maximum Gasteiger partial charge on any atom is 0.405 e. The first kappa shape index (κ1) is 15.5. The van der Waals surface area contributed by atoms with Gasteiger partial charge in [-0.15, -0.1) is 0 Å². The molecule has 0 aliphatic carbocycles. The molecule has 0 aliphatic rings. The molecule has 0 heterocycles. The molecule has 5 nitrogen and oxygen atoms in total. The van der Waals surface area contributed by atoms with Crippen molar-refractivity contribution in [2.75, 3.05) is 13.1 Å². The molecule has 0 aliphatic heterocycles. The molecule has 0 radical (unpaired) electrons. The zero-order valence-electron chi connectivity index (χ0n) is 9.86. The van der Waals surface area contributed by atoms with Gasteiger partial charge in [-0.1, -0.05) is 0 Å². The number of hydrogen-bond acceptors (Lipinski definition) is 2. The molecule has 0 fully saturated rings. The number of alkyl halides is 3. The Kier molecular flexibility index (Phi) is 5.24. The molecule has 0 aromatic rings. The Bertz CT molecular complexity index is 290. The van der Waals surface area contributed by atoms with Crippen LogP contribution in [0.25, 0.3) is 0 Å². The molecule has 100 valence electrons. The summed E-state index contributed by atoms with van der Waals surface area (Å²) in [6.45, 7) is 3.23. The zero-order valence-corrected chi connectivity index (χ0v) is 9.86. The highest BCUT2D eigenvalue weighted by molar-refractivity contribution is 5.90. The summed E-state index contributed by atoms with van der Waals surface area (Å²) >= 11 is 0. The number of rotatable bonds is 4. The second-order valence-electron chi connectivity index (χ2n) is 3.91. The van der Waals surface area contributed by atoms with E-state index in [1.807, 2.05) is 0 Å². The van der Waals surface area contributed by atoms with Crippen molar-refractivity contribution in [1.29, 1.82) is 0 Å². The lowest BCUT2D eigenvalue weighted by Crippen LogP contribution is -2.58. The maximum absolute atomic E-state index is 11.9. The zero-order chi connectivity index (χ0) is 13.7. The molecule has 0 saturated heterocycles. The number of hydrogen-bond donors (Lipinski definition) is 3. The summed E-state index contributed by atoms with van der Waals surface area (Å²) in [6, 6.07) is -0.611. The quantitative estimate of drug-likeness (QED) is 0.694. The van der Waals surface area contributed by atoms with Gasteiger partial charge in [-0.3, -0.25) is 4.79 Å². The van der Waals surface area contributed by atoms with Crippen molar-refractivity contribution >= 4 is 11.9 Å². The molecule has 0 rings (SSSR count). The smallest absolute Gasteiger partial charge is 0.345 e. The van der Waals surface area contributed by atoms with Crippen LogP contribution in [0.1, 0.15) is 20.8 Å². The van der Waals surface area contributed by atoms with Crippen molar-refractivity contribution in [3.63, 3.8) is 0 Å². The molecule has 0 bridgehead atoms. The van der Waals surface area contributed by atoms with Crippen LogP contribution in [-0.2, 0) is 4.79 Å². The molecule has 17 heavy (non-hydrogen) atoms. The Labute approximate surface area is 97.1 Å². The summed E-state index contributed by atoms with van der Waals surface area (Å²) in [5, 5.41) is 6.34. The minimum Gasteiger partial charge on any atom is -0.345 e. The summed E-state index contributed by atoms with van der Waals surface area (Å²) in [7, 11) is 0. The van der Waals surface area contributed by atoms with Crippen LogP contribution in [0.4, 0.5) is 18.0 Å². The molecule has 0 aromatic heterocycles. The average molecular weight is 255 g/mol. The second-order valence-corrected chi connectivity index (χ2v) is 3.91. The van der Waals surface area contributed by atoms with Gasteiger partial charge in [0.25, 0.3) is 0 Å². The molecular formula is C9H16F3N3O2. The SMILES string of the molecule is CCNC(=O)NC(C)(C)C(=O)NCC(F)(F)F. The van der Waals surface area contributed by atoms with E-state index in [0.29, 0.717) is 6.54 Å². The van der Waals surface area contributed by atoms with E-state index in [0.717, 1.165) is 0 Å². The number of urea groups is 1. The molecule has 0 unspecified atom stereocenters. The normalized spacial score (nSPS) is 11.9. The third-order valence-corrected chi connectivity index (χ3v) is 1.78. The average Bonchev–Trinajstić information content (AvgIpc) is 2.12. The fourth-order valence-corrected chi connectivity index (χ4v) is 0.947. The highest BCUT2D eigenvalue weighted by Gasteiger charge is 2.33. The van der Waals surface area contributed by atoms with Gasteiger partial charge in [0.2, 0.25) is 5.91 Å². The summed E-state index contributed by atoms with van der Waals surface area (Å²) < 4.78 is 35.6. The van der Waals surface area contributed by atoms with Gasteiger partial charge in [-0.2, -0.15) is 13.2 Å². The first-order valence-corrected chi connectivity index (χ1v) is 4.99. The number of nitrogens with one attached hydrogen (secondary N) is 3. The Hall–Kier alpha value is -1.47. The van der Waals surface area contributed by atoms with Gasteiger partial charge < -0.3 is 16.0 Å². The van der Waals surface area contributed by atoms with Crippen molar-refractivity contribution in [2.45, 2.75) is 32.5 Å². The van der Waals surface area contributed by atoms with Gasteiger partial charge in [0.1, 0.15) is 12.1 Å². The Morgan fingerprint density at radius 3 is 2.06 bits per heavy atom. The number of amides is 3. The van der Waals surface area contributed by atoms with Crippen LogP contribution >= 0.6 is 0 Å². The lowest BCUT2D eigenvalue weighted by Gasteiger charge is -2.25. The molecule has 8 heteroatoms. The van der Waals surface area contributed by atoms with Crippen LogP contribution in [0.2, 0.25) is 0 Å². The minimum absolute atomic E-state index is 0.353. The molecular weight excluding hydrogens is 239 g/mol. The van der Waals surface area contributed by atoms with Crippen LogP contribution in [-0.4, -0.2) is 36.7 Å². The highest BCUT2D eigenvalue weighted by Crippen LogP contribution is 2.13. The van der Waals surface area contributed by atoms with E-state index in [2.05, 4.69) is 10.6 Å². The standard InChI is InChI=1S/C9H16F3N3O2/c1-4-13-7(17)15-8(2,3)6(16)14-5-9(10,11)12/h4-5H2,1-3H3,(H,14,16)(H2,13,15,17). The first-order chi connectivity index (χ1) is 7.58. The van der Waals surface area contributed by atoms with E-state index in [1.54, 1.807) is 12.2 Å². The van der Waals surface area contributed by atoms with Crippen LogP contribution in [0, 0.1) is 0 Å².